The van der Waals surface area contributed by atoms with Crippen molar-refractivity contribution in [3.63, 3.8) is 0 Å². The molecule has 0 aromatic heterocycles. The third-order valence-corrected chi connectivity index (χ3v) is 5.76. The van der Waals surface area contributed by atoms with Gasteiger partial charge in [-0.15, -0.1) is 0 Å². The van der Waals surface area contributed by atoms with Crippen molar-refractivity contribution in [2.24, 2.45) is 0 Å². The van der Waals surface area contributed by atoms with Gasteiger partial charge in [0.05, 0.1) is 11.1 Å². The molecule has 5 heteroatoms. The SMILES string of the molecule is CC1(C)CC(OC(=O)c2ccccc2)CC(C)(C)N1CCOC(=O)c1ccccc1. The molecule has 5 nitrogen and oxygen atoms in total. The Morgan fingerprint density at radius 1 is 0.833 bits per heavy atom. The molecule has 0 atom stereocenters. The van der Waals surface area contributed by atoms with Crippen LogP contribution in [0.2, 0.25) is 0 Å². The van der Waals surface area contributed by atoms with Crippen LogP contribution in [0.15, 0.2) is 60.7 Å². The topological polar surface area (TPSA) is 55.8 Å². The van der Waals surface area contributed by atoms with Gasteiger partial charge in [0.2, 0.25) is 0 Å². The van der Waals surface area contributed by atoms with Gasteiger partial charge < -0.3 is 9.47 Å². The summed E-state index contributed by atoms with van der Waals surface area (Å²) in [5.41, 5.74) is 0.719. The number of esters is 2. The first-order valence-corrected chi connectivity index (χ1v) is 10.4. The van der Waals surface area contributed by atoms with Crippen molar-refractivity contribution >= 4 is 11.9 Å². The van der Waals surface area contributed by atoms with Crippen LogP contribution in [-0.2, 0) is 9.47 Å². The number of nitrogens with zero attached hydrogens (tertiary/aromatic N) is 1. The van der Waals surface area contributed by atoms with Crippen LogP contribution in [0.25, 0.3) is 0 Å². The van der Waals surface area contributed by atoms with Crippen LogP contribution in [-0.4, -0.2) is 47.2 Å². The summed E-state index contributed by atoms with van der Waals surface area (Å²) in [6.45, 7) is 9.53. The molecule has 0 aliphatic carbocycles. The van der Waals surface area contributed by atoms with Gasteiger partial charge in [0.25, 0.3) is 0 Å². The molecule has 1 aliphatic heterocycles. The molecule has 0 radical (unpaired) electrons. The summed E-state index contributed by atoms with van der Waals surface area (Å²) in [6, 6.07) is 18.1. The van der Waals surface area contributed by atoms with Crippen LogP contribution in [0, 0.1) is 0 Å². The minimum atomic E-state index is -0.308. The van der Waals surface area contributed by atoms with Gasteiger partial charge in [0, 0.05) is 30.5 Å². The van der Waals surface area contributed by atoms with Gasteiger partial charge in [-0.1, -0.05) is 36.4 Å². The highest BCUT2D eigenvalue weighted by Crippen LogP contribution is 2.39. The lowest BCUT2D eigenvalue weighted by Gasteiger charge is -2.54. The first-order chi connectivity index (χ1) is 14.2. The minimum absolute atomic E-state index is 0.161. The molecule has 3 rings (SSSR count). The number of benzene rings is 2. The molecular formula is C25H31NO4. The average Bonchev–Trinajstić information content (AvgIpc) is 2.70. The van der Waals surface area contributed by atoms with E-state index >= 15 is 0 Å². The van der Waals surface area contributed by atoms with Crippen LogP contribution in [0.4, 0.5) is 0 Å². The maximum Gasteiger partial charge on any atom is 0.338 e. The first kappa shape index (κ1) is 22.0. The molecule has 0 bridgehead atoms. The Labute approximate surface area is 179 Å². The maximum atomic E-state index is 12.5. The van der Waals surface area contributed by atoms with Gasteiger partial charge in [-0.2, -0.15) is 0 Å². The van der Waals surface area contributed by atoms with E-state index in [2.05, 4.69) is 32.6 Å². The second kappa shape index (κ2) is 9.00. The van der Waals surface area contributed by atoms with Crippen molar-refractivity contribution in [1.82, 2.24) is 4.90 Å². The van der Waals surface area contributed by atoms with Crippen molar-refractivity contribution in [1.29, 1.82) is 0 Å². The number of hydrogen-bond acceptors (Lipinski definition) is 5. The summed E-state index contributed by atoms with van der Waals surface area (Å²) in [5, 5.41) is 0. The molecule has 0 saturated carbocycles. The zero-order valence-corrected chi connectivity index (χ0v) is 18.3. The van der Waals surface area contributed by atoms with E-state index in [0.29, 0.717) is 24.3 Å². The molecule has 1 aliphatic rings. The zero-order valence-electron chi connectivity index (χ0n) is 18.3. The Morgan fingerprint density at radius 2 is 1.30 bits per heavy atom. The molecule has 1 saturated heterocycles. The van der Waals surface area contributed by atoms with E-state index in [9.17, 15) is 9.59 Å². The third kappa shape index (κ3) is 5.28. The molecule has 1 heterocycles. The minimum Gasteiger partial charge on any atom is -0.461 e. The number of piperidine rings is 1. The van der Waals surface area contributed by atoms with Crippen LogP contribution < -0.4 is 0 Å². The lowest BCUT2D eigenvalue weighted by atomic mass is 9.78. The number of hydrogen-bond donors (Lipinski definition) is 0. The number of ether oxygens (including phenoxy) is 2. The largest absolute Gasteiger partial charge is 0.461 e. The summed E-state index contributed by atoms with van der Waals surface area (Å²) in [5.74, 6) is -0.588. The van der Waals surface area contributed by atoms with E-state index < -0.39 is 0 Å². The predicted octanol–water partition coefficient (Wildman–Crippen LogP) is 4.72. The van der Waals surface area contributed by atoms with E-state index in [-0.39, 0.29) is 29.1 Å². The van der Waals surface area contributed by atoms with Gasteiger partial charge >= 0.3 is 11.9 Å². The molecule has 0 N–H and O–H groups in total. The van der Waals surface area contributed by atoms with Crippen molar-refractivity contribution in [3.8, 4) is 0 Å². The Morgan fingerprint density at radius 3 is 1.80 bits per heavy atom. The molecular weight excluding hydrogens is 378 g/mol. The Balaban J connectivity index is 1.59. The standard InChI is InChI=1S/C25H31NO4/c1-24(2)17-21(30-23(28)20-13-9-6-10-14-20)18-25(3,4)26(24)15-16-29-22(27)19-11-7-5-8-12-19/h5-14,21H,15-18H2,1-4H3. The predicted molar refractivity (Wildman–Crippen MR) is 116 cm³/mol. The normalized spacial score (nSPS) is 18.5. The molecule has 30 heavy (non-hydrogen) atoms. The van der Waals surface area contributed by atoms with Crippen molar-refractivity contribution in [3.05, 3.63) is 71.8 Å². The zero-order chi connectivity index (χ0) is 21.8. The molecule has 0 spiro atoms. The van der Waals surface area contributed by atoms with Crippen LogP contribution >= 0.6 is 0 Å². The second-order valence-electron chi connectivity index (χ2n) is 9.08. The Hall–Kier alpha value is -2.66. The highest BCUT2D eigenvalue weighted by atomic mass is 16.5. The smallest absolute Gasteiger partial charge is 0.338 e. The van der Waals surface area contributed by atoms with Gasteiger partial charge in [0.15, 0.2) is 0 Å². The molecule has 2 aromatic carbocycles. The monoisotopic (exact) mass is 409 g/mol. The van der Waals surface area contributed by atoms with Gasteiger partial charge in [0.1, 0.15) is 12.7 Å². The highest BCUT2D eigenvalue weighted by Gasteiger charge is 2.46. The van der Waals surface area contributed by atoms with Crippen molar-refractivity contribution in [2.75, 3.05) is 13.2 Å². The number of likely N-dealkylation sites (tertiary alicyclic amines) is 1. The number of carbonyl (C=O) groups is 2. The van der Waals surface area contributed by atoms with Crippen molar-refractivity contribution in [2.45, 2.75) is 57.7 Å². The summed E-state index contributed by atoms with van der Waals surface area (Å²) in [7, 11) is 0. The molecule has 0 amide bonds. The summed E-state index contributed by atoms with van der Waals surface area (Å²) in [4.78, 5) is 27.1. The van der Waals surface area contributed by atoms with Gasteiger partial charge in [-0.25, -0.2) is 9.59 Å². The van der Waals surface area contributed by atoms with E-state index in [1.807, 2.05) is 36.4 Å². The fraction of sp³-hybridized carbons (Fsp3) is 0.440. The van der Waals surface area contributed by atoms with E-state index in [1.54, 1.807) is 24.3 Å². The highest BCUT2D eigenvalue weighted by molar-refractivity contribution is 5.89. The summed E-state index contributed by atoms with van der Waals surface area (Å²) >= 11 is 0. The molecule has 1 fully saturated rings. The lowest BCUT2D eigenvalue weighted by molar-refractivity contribution is -0.0927. The Bertz CT molecular complexity index is 843. The van der Waals surface area contributed by atoms with E-state index in [4.69, 9.17) is 9.47 Å². The fourth-order valence-corrected chi connectivity index (χ4v) is 4.60. The molecule has 0 unspecified atom stereocenters. The average molecular weight is 410 g/mol. The summed E-state index contributed by atoms with van der Waals surface area (Å²) in [6.07, 6.45) is 1.29. The Kier molecular flexibility index (Phi) is 6.61. The number of carbonyl (C=O) groups excluding carboxylic acids is 2. The lowest BCUT2D eigenvalue weighted by Crippen LogP contribution is -2.63. The molecule has 2 aromatic rings. The molecule has 160 valence electrons. The van der Waals surface area contributed by atoms with Gasteiger partial charge in [-0.05, 0) is 52.0 Å². The first-order valence-electron chi connectivity index (χ1n) is 10.4. The van der Waals surface area contributed by atoms with E-state index in [1.165, 1.54) is 0 Å². The maximum absolute atomic E-state index is 12.5. The van der Waals surface area contributed by atoms with Gasteiger partial charge in [-0.3, -0.25) is 4.90 Å². The third-order valence-electron chi connectivity index (χ3n) is 5.76. The quantitative estimate of drug-likeness (QED) is 0.646. The van der Waals surface area contributed by atoms with E-state index in [0.717, 1.165) is 12.8 Å². The van der Waals surface area contributed by atoms with Crippen molar-refractivity contribution < 1.29 is 19.1 Å². The number of rotatable bonds is 6. The van der Waals surface area contributed by atoms with Crippen LogP contribution in [0.3, 0.4) is 0 Å². The second-order valence-corrected chi connectivity index (χ2v) is 9.08. The van der Waals surface area contributed by atoms with Crippen LogP contribution in [0.1, 0.15) is 61.3 Å². The summed E-state index contributed by atoms with van der Waals surface area (Å²) < 4.78 is 11.3. The van der Waals surface area contributed by atoms with Crippen LogP contribution in [0.5, 0.6) is 0 Å². The fourth-order valence-electron chi connectivity index (χ4n) is 4.60.